The van der Waals surface area contributed by atoms with Gasteiger partial charge in [0.1, 0.15) is 17.6 Å². The van der Waals surface area contributed by atoms with Gasteiger partial charge in [0.25, 0.3) is 0 Å². The molecule has 1 N–H and O–H groups in total. The number of aliphatic imine (C=N–C) groups is 1. The number of urea groups is 1. The number of likely N-dealkylation sites (tertiary alicyclic amines) is 1. The van der Waals surface area contributed by atoms with Crippen LogP contribution in [-0.2, 0) is 6.18 Å². The highest BCUT2D eigenvalue weighted by Crippen LogP contribution is 2.45. The molecule has 6 nitrogen and oxygen atoms in total. The molecule has 3 aromatic carbocycles. The quantitative estimate of drug-likeness (QED) is 0.273. The predicted octanol–water partition coefficient (Wildman–Crippen LogP) is 8.15. The minimum Gasteiger partial charge on any atom is -0.493 e. The van der Waals surface area contributed by atoms with Crippen LogP contribution in [0, 0.1) is 0 Å². The molecule has 43 heavy (non-hydrogen) atoms. The maximum absolute atomic E-state index is 14.1. The van der Waals surface area contributed by atoms with Crippen molar-refractivity contribution in [3.05, 3.63) is 99.0 Å². The second-order valence-corrected chi connectivity index (χ2v) is 11.6. The molecule has 0 radical (unpaired) electrons. The Morgan fingerprint density at radius 3 is 2.26 bits per heavy atom. The molecule has 0 bridgehead atoms. The second-order valence-electron chi connectivity index (χ2n) is 10.8. The minimum absolute atomic E-state index is 0.00642. The van der Waals surface area contributed by atoms with Gasteiger partial charge in [0, 0.05) is 22.6 Å². The summed E-state index contributed by atoms with van der Waals surface area (Å²) in [5, 5.41) is 4.14. The molecule has 3 atom stereocenters. The summed E-state index contributed by atoms with van der Waals surface area (Å²) in [5.74, 6) is 0.209. The standard InChI is InChI=1S/C32H33Cl2F3N4O2/c1-3-43-27-19-22(32(35,36)37)10-15-26(27)30-39-28(20-6-11-23(33)12-7-20)29(21-8-13-24(34)14-9-21)41(30)31(42)38-17-16-25-5-4-18-40(25)2/h6-15,19,25,28-29H,3-5,16-18H2,1-2H3,(H,38,42). The molecule has 1 fully saturated rings. The van der Waals surface area contributed by atoms with Crippen LogP contribution in [0.3, 0.4) is 0 Å². The number of nitrogens with one attached hydrogen (secondary N) is 1. The minimum atomic E-state index is -4.57. The number of amidine groups is 1. The zero-order valence-electron chi connectivity index (χ0n) is 23.9. The highest BCUT2D eigenvalue weighted by Gasteiger charge is 2.43. The molecule has 2 heterocycles. The van der Waals surface area contributed by atoms with Gasteiger partial charge in [-0.25, -0.2) is 4.79 Å². The molecule has 2 aliphatic rings. The smallest absolute Gasteiger partial charge is 0.416 e. The molecule has 3 aromatic rings. The Hall–Kier alpha value is -3.27. The average Bonchev–Trinajstić information content (AvgIpc) is 3.57. The van der Waals surface area contributed by atoms with E-state index in [0.717, 1.165) is 49.1 Å². The van der Waals surface area contributed by atoms with Crippen LogP contribution in [0.25, 0.3) is 0 Å². The summed E-state index contributed by atoms with van der Waals surface area (Å²) in [6.07, 6.45) is -1.60. The van der Waals surface area contributed by atoms with Gasteiger partial charge < -0.3 is 15.0 Å². The molecule has 5 rings (SSSR count). The lowest BCUT2D eigenvalue weighted by Gasteiger charge is -2.30. The third-order valence-corrected chi connectivity index (χ3v) is 8.49. The summed E-state index contributed by atoms with van der Waals surface area (Å²) < 4.78 is 46.7. The molecular weight excluding hydrogens is 600 g/mol. The number of hydrogen-bond donors (Lipinski definition) is 1. The van der Waals surface area contributed by atoms with E-state index in [2.05, 4.69) is 17.3 Å². The molecule has 1 saturated heterocycles. The number of benzene rings is 3. The maximum atomic E-state index is 14.1. The van der Waals surface area contributed by atoms with E-state index in [0.29, 0.717) is 22.6 Å². The summed E-state index contributed by atoms with van der Waals surface area (Å²) in [4.78, 5) is 22.9. The van der Waals surface area contributed by atoms with Gasteiger partial charge >= 0.3 is 12.2 Å². The Kier molecular flexibility index (Phi) is 9.54. The lowest BCUT2D eigenvalue weighted by Crippen LogP contribution is -2.45. The number of rotatable bonds is 8. The zero-order valence-corrected chi connectivity index (χ0v) is 25.4. The number of alkyl halides is 3. The van der Waals surface area contributed by atoms with Crippen LogP contribution in [0.4, 0.5) is 18.0 Å². The van der Waals surface area contributed by atoms with E-state index in [1.807, 2.05) is 24.3 Å². The van der Waals surface area contributed by atoms with Crippen LogP contribution < -0.4 is 10.1 Å². The van der Waals surface area contributed by atoms with Crippen molar-refractivity contribution in [2.75, 3.05) is 26.7 Å². The van der Waals surface area contributed by atoms with Crippen molar-refractivity contribution in [1.29, 1.82) is 0 Å². The van der Waals surface area contributed by atoms with Crippen LogP contribution in [0.2, 0.25) is 10.0 Å². The molecule has 0 spiro atoms. The van der Waals surface area contributed by atoms with E-state index >= 15 is 0 Å². The number of ether oxygens (including phenoxy) is 1. The summed E-state index contributed by atoms with van der Waals surface area (Å²) in [6, 6.07) is 16.3. The van der Waals surface area contributed by atoms with Crippen molar-refractivity contribution in [3.8, 4) is 5.75 Å². The Labute approximate surface area is 259 Å². The van der Waals surface area contributed by atoms with Crippen molar-refractivity contribution < 1.29 is 22.7 Å². The first-order valence-electron chi connectivity index (χ1n) is 14.3. The lowest BCUT2D eigenvalue weighted by molar-refractivity contribution is -0.137. The van der Waals surface area contributed by atoms with E-state index in [-0.39, 0.29) is 23.8 Å². The largest absolute Gasteiger partial charge is 0.493 e. The average molecular weight is 634 g/mol. The van der Waals surface area contributed by atoms with E-state index < -0.39 is 29.9 Å². The Bertz CT molecular complexity index is 1460. The Morgan fingerprint density at radius 1 is 1.02 bits per heavy atom. The van der Waals surface area contributed by atoms with Crippen LogP contribution in [0.1, 0.15) is 60.5 Å². The maximum Gasteiger partial charge on any atom is 0.416 e. The van der Waals surface area contributed by atoms with Crippen molar-refractivity contribution in [2.45, 2.75) is 50.5 Å². The topological polar surface area (TPSA) is 57.2 Å². The van der Waals surface area contributed by atoms with Crippen molar-refractivity contribution in [2.24, 2.45) is 4.99 Å². The number of carbonyl (C=O) groups is 1. The zero-order chi connectivity index (χ0) is 30.7. The monoisotopic (exact) mass is 632 g/mol. The van der Waals surface area contributed by atoms with Crippen LogP contribution >= 0.6 is 23.2 Å². The molecule has 0 saturated carbocycles. The SMILES string of the molecule is CCOc1cc(C(F)(F)F)ccc1C1=NC(c2ccc(Cl)cc2)C(c2ccc(Cl)cc2)N1C(=O)NCCC1CCCN1C. The highest BCUT2D eigenvalue weighted by atomic mass is 35.5. The van der Waals surface area contributed by atoms with Crippen LogP contribution in [0.15, 0.2) is 71.7 Å². The summed E-state index contributed by atoms with van der Waals surface area (Å²) in [5.41, 5.74) is 0.989. The van der Waals surface area contributed by atoms with E-state index in [1.54, 1.807) is 31.2 Å². The summed E-state index contributed by atoms with van der Waals surface area (Å²) >= 11 is 12.4. The number of nitrogens with zero attached hydrogens (tertiary/aromatic N) is 3. The second kappa shape index (κ2) is 13.2. The molecule has 228 valence electrons. The number of halogens is 5. The number of hydrogen-bond acceptors (Lipinski definition) is 4. The molecule has 0 aromatic heterocycles. The highest BCUT2D eigenvalue weighted by molar-refractivity contribution is 6.30. The van der Waals surface area contributed by atoms with Crippen molar-refractivity contribution in [1.82, 2.24) is 15.1 Å². The molecule has 2 amide bonds. The number of amides is 2. The van der Waals surface area contributed by atoms with Gasteiger partial charge in [-0.2, -0.15) is 13.2 Å². The van der Waals surface area contributed by atoms with Gasteiger partial charge in [0.05, 0.1) is 23.8 Å². The normalized spacial score (nSPS) is 20.8. The summed E-state index contributed by atoms with van der Waals surface area (Å²) in [6.45, 7) is 3.28. The fraction of sp³-hybridized carbons (Fsp3) is 0.375. The van der Waals surface area contributed by atoms with Gasteiger partial charge in [0.15, 0.2) is 0 Å². The van der Waals surface area contributed by atoms with Gasteiger partial charge in [-0.15, -0.1) is 0 Å². The first-order chi connectivity index (χ1) is 20.6. The number of carbonyl (C=O) groups excluding carboxylic acids is 1. The van der Waals surface area contributed by atoms with Crippen LogP contribution in [-0.4, -0.2) is 54.5 Å². The fourth-order valence-electron chi connectivity index (χ4n) is 5.80. The predicted molar refractivity (Wildman–Crippen MR) is 163 cm³/mol. The summed E-state index contributed by atoms with van der Waals surface area (Å²) in [7, 11) is 2.08. The first kappa shape index (κ1) is 31.2. The Morgan fingerprint density at radius 2 is 1.67 bits per heavy atom. The van der Waals surface area contributed by atoms with E-state index in [9.17, 15) is 18.0 Å². The van der Waals surface area contributed by atoms with Gasteiger partial charge in [-0.1, -0.05) is 47.5 Å². The van der Waals surface area contributed by atoms with E-state index in [4.69, 9.17) is 32.9 Å². The molecule has 2 aliphatic heterocycles. The van der Waals surface area contributed by atoms with Gasteiger partial charge in [-0.3, -0.25) is 9.89 Å². The van der Waals surface area contributed by atoms with Crippen molar-refractivity contribution in [3.63, 3.8) is 0 Å². The molecule has 0 aliphatic carbocycles. The lowest BCUT2D eigenvalue weighted by atomic mass is 9.94. The third kappa shape index (κ3) is 6.95. The Balaban J connectivity index is 1.60. The van der Waals surface area contributed by atoms with Gasteiger partial charge in [0.2, 0.25) is 0 Å². The third-order valence-electron chi connectivity index (χ3n) is 7.98. The molecule has 11 heteroatoms. The van der Waals surface area contributed by atoms with Gasteiger partial charge in [-0.05, 0) is 93.4 Å². The molecular formula is C32H33Cl2F3N4O2. The molecule has 3 unspecified atom stereocenters. The fourth-order valence-corrected chi connectivity index (χ4v) is 6.05. The van der Waals surface area contributed by atoms with E-state index in [1.165, 1.54) is 11.0 Å². The first-order valence-corrected chi connectivity index (χ1v) is 15.0. The van der Waals surface area contributed by atoms with Crippen molar-refractivity contribution >= 4 is 35.1 Å². The van der Waals surface area contributed by atoms with Crippen LogP contribution in [0.5, 0.6) is 5.75 Å².